The molecule has 2 aromatic carbocycles. The number of methoxy groups -OCH3 is 1. The number of hydrogen-bond acceptors (Lipinski definition) is 5. The van der Waals surface area contributed by atoms with Crippen molar-refractivity contribution in [3.8, 4) is 11.5 Å². The number of carbonyl (C=O) groups excluding carboxylic acids is 1. The van der Waals surface area contributed by atoms with Crippen LogP contribution in [0, 0.1) is 0 Å². The number of anilines is 1. The number of fused-ring (bicyclic) bond motifs is 1. The van der Waals surface area contributed by atoms with Gasteiger partial charge in [0, 0.05) is 16.8 Å². The molecule has 0 fully saturated rings. The summed E-state index contributed by atoms with van der Waals surface area (Å²) in [5.74, 6) is 0.216. The van der Waals surface area contributed by atoms with Crippen LogP contribution in [0.2, 0.25) is 0 Å². The highest BCUT2D eigenvalue weighted by atomic mass is 16.5. The van der Waals surface area contributed by atoms with Gasteiger partial charge in [0.2, 0.25) is 0 Å². The lowest BCUT2D eigenvalue weighted by Gasteiger charge is -2.08. The smallest absolute Gasteiger partial charge is 0.253 e. The predicted molar refractivity (Wildman–Crippen MR) is 83.2 cm³/mol. The normalized spacial score (nSPS) is 16.4. The number of nitrogens with zero attached hydrogens (tertiary/aromatic N) is 1. The second-order valence-electron chi connectivity index (χ2n) is 4.79. The van der Waals surface area contributed by atoms with E-state index in [4.69, 9.17) is 4.74 Å². The molecule has 0 aliphatic carbocycles. The first-order valence-corrected chi connectivity index (χ1v) is 6.75. The highest BCUT2D eigenvalue weighted by Crippen LogP contribution is 2.30. The summed E-state index contributed by atoms with van der Waals surface area (Å²) in [4.78, 5) is 11.9. The molecule has 0 aromatic heterocycles. The lowest BCUT2D eigenvalue weighted by molar-refractivity contribution is -0.117. The number of ether oxygens (including phenoxy) is 1. The molecule has 0 spiro atoms. The molecule has 1 unspecified atom stereocenters. The van der Waals surface area contributed by atoms with Crippen LogP contribution in [-0.2, 0) is 4.79 Å². The van der Waals surface area contributed by atoms with Crippen molar-refractivity contribution in [3.05, 3.63) is 53.6 Å². The summed E-state index contributed by atoms with van der Waals surface area (Å²) in [5.41, 5.74) is 4.93. The fraction of sp³-hybridized carbons (Fsp3) is 0.125. The van der Waals surface area contributed by atoms with Gasteiger partial charge in [0.05, 0.1) is 13.3 Å². The highest BCUT2D eigenvalue weighted by molar-refractivity contribution is 6.02. The second-order valence-corrected chi connectivity index (χ2v) is 4.79. The summed E-state index contributed by atoms with van der Waals surface area (Å²) in [6, 6.07) is 12.0. The van der Waals surface area contributed by atoms with E-state index in [2.05, 4.69) is 15.8 Å². The Morgan fingerprint density at radius 1 is 1.27 bits per heavy atom. The number of para-hydroxylation sites is 2. The molecule has 22 heavy (non-hydrogen) atoms. The average molecular weight is 297 g/mol. The molecular formula is C16H15N3O3. The van der Waals surface area contributed by atoms with Crippen LogP contribution in [-0.4, -0.2) is 24.3 Å². The summed E-state index contributed by atoms with van der Waals surface area (Å²) < 4.78 is 5.03. The van der Waals surface area contributed by atoms with Crippen LogP contribution in [0.3, 0.4) is 0 Å². The highest BCUT2D eigenvalue weighted by Gasteiger charge is 2.29. The van der Waals surface area contributed by atoms with Gasteiger partial charge in [0.1, 0.15) is 6.04 Å². The van der Waals surface area contributed by atoms with Crippen molar-refractivity contribution in [2.75, 3.05) is 12.4 Å². The van der Waals surface area contributed by atoms with E-state index in [1.54, 1.807) is 18.2 Å². The molecule has 0 radical (unpaired) electrons. The lowest BCUT2D eigenvalue weighted by atomic mass is 10.1. The number of carbonyl (C=O) groups is 1. The Morgan fingerprint density at radius 3 is 2.91 bits per heavy atom. The molecule has 3 N–H and O–H groups in total. The molecule has 0 bridgehead atoms. The Labute approximate surface area is 127 Å². The van der Waals surface area contributed by atoms with Gasteiger partial charge in [-0.1, -0.05) is 24.3 Å². The Hall–Kier alpha value is -3.02. The van der Waals surface area contributed by atoms with E-state index in [1.165, 1.54) is 13.3 Å². The van der Waals surface area contributed by atoms with Gasteiger partial charge < -0.3 is 15.2 Å². The second kappa shape index (κ2) is 5.77. The van der Waals surface area contributed by atoms with Gasteiger partial charge in [0.25, 0.3) is 5.91 Å². The topological polar surface area (TPSA) is 83.0 Å². The number of hydrogen-bond donors (Lipinski definition) is 3. The largest absolute Gasteiger partial charge is 0.504 e. The fourth-order valence-corrected chi connectivity index (χ4v) is 2.33. The maximum Gasteiger partial charge on any atom is 0.253 e. The Balaban J connectivity index is 1.77. The number of phenolic OH excluding ortho intramolecular Hbond substituents is 1. The minimum absolute atomic E-state index is 0.00632. The van der Waals surface area contributed by atoms with Gasteiger partial charge in [0.15, 0.2) is 11.5 Å². The van der Waals surface area contributed by atoms with Gasteiger partial charge in [-0.2, -0.15) is 5.10 Å². The molecule has 1 amide bonds. The van der Waals surface area contributed by atoms with E-state index in [-0.39, 0.29) is 11.7 Å². The van der Waals surface area contributed by atoms with E-state index >= 15 is 0 Å². The molecule has 1 aliphatic heterocycles. The maximum absolute atomic E-state index is 11.9. The summed E-state index contributed by atoms with van der Waals surface area (Å²) in [6.45, 7) is 0. The van der Waals surface area contributed by atoms with Crippen LogP contribution in [0.1, 0.15) is 17.2 Å². The zero-order valence-corrected chi connectivity index (χ0v) is 11.9. The van der Waals surface area contributed by atoms with E-state index in [0.717, 1.165) is 11.3 Å². The SMILES string of the molecule is COc1cccc(/C=N/NC2C(=O)Nc3ccccc32)c1O. The zero-order valence-electron chi connectivity index (χ0n) is 11.9. The van der Waals surface area contributed by atoms with E-state index in [9.17, 15) is 9.90 Å². The quantitative estimate of drug-likeness (QED) is 0.595. The Kier molecular flexibility index (Phi) is 3.65. The van der Waals surface area contributed by atoms with Crippen LogP contribution < -0.4 is 15.5 Å². The lowest BCUT2D eigenvalue weighted by Crippen LogP contribution is -2.23. The first kappa shape index (κ1) is 13.9. The average Bonchev–Trinajstić information content (AvgIpc) is 2.85. The summed E-state index contributed by atoms with van der Waals surface area (Å²) in [7, 11) is 1.48. The molecule has 1 aliphatic rings. The minimum Gasteiger partial charge on any atom is -0.504 e. The standard InChI is InChI=1S/C16H15N3O3/c1-22-13-8-4-5-10(15(13)20)9-17-19-14-11-6-2-3-7-12(11)18-16(14)21/h2-9,14,19-20H,1H3,(H,18,21)/b17-9+. The monoisotopic (exact) mass is 297 g/mol. The molecule has 0 saturated carbocycles. The van der Waals surface area contributed by atoms with Crippen molar-refractivity contribution in [1.29, 1.82) is 0 Å². The number of aromatic hydroxyl groups is 1. The number of benzene rings is 2. The van der Waals surface area contributed by atoms with E-state index < -0.39 is 6.04 Å². The van der Waals surface area contributed by atoms with Crippen molar-refractivity contribution in [3.63, 3.8) is 0 Å². The fourth-order valence-electron chi connectivity index (χ4n) is 2.33. The Morgan fingerprint density at radius 2 is 2.09 bits per heavy atom. The third-order valence-electron chi connectivity index (χ3n) is 3.45. The molecular weight excluding hydrogens is 282 g/mol. The van der Waals surface area contributed by atoms with Crippen molar-refractivity contribution >= 4 is 17.8 Å². The molecule has 3 rings (SSSR count). The maximum atomic E-state index is 11.9. The number of phenols is 1. The Bertz CT molecular complexity index is 743. The molecule has 0 saturated heterocycles. The minimum atomic E-state index is -0.541. The van der Waals surface area contributed by atoms with Crippen molar-refractivity contribution in [1.82, 2.24) is 5.43 Å². The number of hydrazone groups is 1. The molecule has 2 aromatic rings. The summed E-state index contributed by atoms with van der Waals surface area (Å²) in [5, 5.41) is 16.8. The third kappa shape index (κ3) is 2.46. The van der Waals surface area contributed by atoms with Crippen LogP contribution >= 0.6 is 0 Å². The zero-order chi connectivity index (χ0) is 15.5. The van der Waals surface area contributed by atoms with Crippen molar-refractivity contribution in [2.24, 2.45) is 5.10 Å². The van der Waals surface area contributed by atoms with Gasteiger partial charge >= 0.3 is 0 Å². The summed E-state index contributed by atoms with van der Waals surface area (Å²) in [6.07, 6.45) is 1.45. The van der Waals surface area contributed by atoms with Gasteiger partial charge in [-0.05, 0) is 18.2 Å². The van der Waals surface area contributed by atoms with Gasteiger partial charge in [-0.25, -0.2) is 0 Å². The first-order chi connectivity index (χ1) is 10.7. The van der Waals surface area contributed by atoms with Gasteiger partial charge in [-0.3, -0.25) is 10.2 Å². The van der Waals surface area contributed by atoms with E-state index in [1.807, 2.05) is 24.3 Å². The summed E-state index contributed by atoms with van der Waals surface area (Å²) >= 11 is 0. The predicted octanol–water partition coefficient (Wildman–Crippen LogP) is 2.02. The molecule has 6 nitrogen and oxygen atoms in total. The third-order valence-corrected chi connectivity index (χ3v) is 3.45. The van der Waals surface area contributed by atoms with Crippen molar-refractivity contribution in [2.45, 2.75) is 6.04 Å². The van der Waals surface area contributed by atoms with Crippen LogP contribution in [0.25, 0.3) is 0 Å². The van der Waals surface area contributed by atoms with E-state index in [0.29, 0.717) is 11.3 Å². The molecule has 112 valence electrons. The van der Waals surface area contributed by atoms with Crippen LogP contribution in [0.15, 0.2) is 47.6 Å². The number of amides is 1. The number of nitrogens with one attached hydrogen (secondary N) is 2. The van der Waals surface area contributed by atoms with Gasteiger partial charge in [-0.15, -0.1) is 0 Å². The molecule has 6 heteroatoms. The molecule has 1 heterocycles. The van der Waals surface area contributed by atoms with Crippen LogP contribution in [0.4, 0.5) is 5.69 Å². The van der Waals surface area contributed by atoms with Crippen LogP contribution in [0.5, 0.6) is 11.5 Å². The molecule has 1 atom stereocenters. The number of rotatable bonds is 4. The first-order valence-electron chi connectivity index (χ1n) is 6.75. The van der Waals surface area contributed by atoms with Crippen molar-refractivity contribution < 1.29 is 14.6 Å².